The molecule has 0 aliphatic rings. The zero-order valence-electron chi connectivity index (χ0n) is 7.52. The van der Waals surface area contributed by atoms with Crippen molar-refractivity contribution in [2.24, 2.45) is 10.7 Å². The van der Waals surface area contributed by atoms with Gasteiger partial charge in [-0.15, -0.1) is 0 Å². The fourth-order valence-corrected chi connectivity index (χ4v) is 0.676. The van der Waals surface area contributed by atoms with Crippen LogP contribution in [0.25, 0.3) is 0 Å². The number of Topliss-reactive ketones (excluding diaryl/α,β-unsaturated/α-hetero) is 1. The van der Waals surface area contributed by atoms with Gasteiger partial charge in [-0.05, 0) is 13.8 Å². The lowest BCUT2D eigenvalue weighted by Crippen LogP contribution is -2.09. The third-order valence-corrected chi connectivity index (χ3v) is 1.81. The first kappa shape index (κ1) is 11.2. The van der Waals surface area contributed by atoms with E-state index in [4.69, 9.17) is 17.3 Å². The Kier molecular flexibility index (Phi) is 4.59. The average molecular weight is 189 g/mol. The monoisotopic (exact) mass is 188 g/mol. The van der Waals surface area contributed by atoms with Crippen molar-refractivity contribution in [2.45, 2.75) is 27.2 Å². The molecule has 0 aromatic carbocycles. The Morgan fingerprint density at radius 2 is 2.00 bits per heavy atom. The molecule has 0 amide bonds. The highest BCUT2D eigenvalue weighted by Crippen LogP contribution is 2.11. The van der Waals surface area contributed by atoms with E-state index in [-0.39, 0.29) is 10.9 Å². The van der Waals surface area contributed by atoms with Crippen molar-refractivity contribution in [1.29, 1.82) is 0 Å². The van der Waals surface area contributed by atoms with Gasteiger partial charge in [0.25, 0.3) is 0 Å². The number of aliphatic imine (C=N–C) groups is 1. The maximum absolute atomic E-state index is 10.8. The van der Waals surface area contributed by atoms with E-state index in [2.05, 4.69) is 4.99 Å². The summed E-state index contributed by atoms with van der Waals surface area (Å²) >= 11 is 5.69. The van der Waals surface area contributed by atoms with Crippen molar-refractivity contribution in [3.05, 3.63) is 10.7 Å². The fraction of sp³-hybridized carbons (Fsp3) is 0.500. The minimum absolute atomic E-state index is 0.0901. The predicted molar refractivity (Wildman–Crippen MR) is 51.1 cm³/mol. The van der Waals surface area contributed by atoms with Gasteiger partial charge in [0.15, 0.2) is 5.78 Å². The van der Waals surface area contributed by atoms with E-state index in [9.17, 15) is 4.79 Å². The number of hydrogen-bond acceptors (Lipinski definition) is 2. The lowest BCUT2D eigenvalue weighted by molar-refractivity contribution is -0.113. The third-order valence-electron chi connectivity index (χ3n) is 1.44. The molecule has 0 bridgehead atoms. The molecular formula is C8H13ClN2O. The number of carbonyl (C=O) groups is 1. The molecule has 0 fully saturated rings. The first-order valence-electron chi connectivity index (χ1n) is 3.69. The summed E-state index contributed by atoms with van der Waals surface area (Å²) in [5.74, 6) is 0.341. The van der Waals surface area contributed by atoms with Crippen molar-refractivity contribution in [2.75, 3.05) is 0 Å². The van der Waals surface area contributed by atoms with E-state index in [0.717, 1.165) is 0 Å². The molecule has 0 aliphatic carbocycles. The van der Waals surface area contributed by atoms with Crippen LogP contribution in [0.2, 0.25) is 0 Å². The Bertz CT molecular complexity index is 243. The number of rotatable bonds is 3. The molecule has 0 saturated carbocycles. The molecule has 0 unspecified atom stereocenters. The van der Waals surface area contributed by atoms with Gasteiger partial charge in [-0.3, -0.25) is 4.79 Å². The average Bonchev–Trinajstić information content (AvgIpc) is 2.02. The molecule has 0 radical (unpaired) electrons. The van der Waals surface area contributed by atoms with Gasteiger partial charge in [0.1, 0.15) is 11.0 Å². The van der Waals surface area contributed by atoms with Crippen molar-refractivity contribution in [3.63, 3.8) is 0 Å². The summed E-state index contributed by atoms with van der Waals surface area (Å²) in [6.07, 6.45) is 0.626. The molecule has 2 N–H and O–H groups in total. The van der Waals surface area contributed by atoms with Crippen LogP contribution in [0.5, 0.6) is 0 Å². The first-order chi connectivity index (χ1) is 5.49. The maximum Gasteiger partial charge on any atom is 0.158 e. The third kappa shape index (κ3) is 3.53. The van der Waals surface area contributed by atoms with Crippen molar-refractivity contribution in [1.82, 2.24) is 0 Å². The molecule has 0 atom stereocenters. The lowest BCUT2D eigenvalue weighted by Gasteiger charge is -1.97. The molecule has 68 valence electrons. The van der Waals surface area contributed by atoms with Crippen LogP contribution in [0, 0.1) is 0 Å². The van der Waals surface area contributed by atoms with Crippen molar-refractivity contribution in [3.8, 4) is 0 Å². The van der Waals surface area contributed by atoms with Gasteiger partial charge < -0.3 is 5.73 Å². The van der Waals surface area contributed by atoms with E-state index >= 15 is 0 Å². The molecule has 4 heteroatoms. The quantitative estimate of drug-likeness (QED) is 0.318. The number of amidine groups is 1. The minimum atomic E-state index is -0.0901. The number of ketones is 1. The Morgan fingerprint density at radius 3 is 2.33 bits per heavy atom. The van der Waals surface area contributed by atoms with E-state index in [1.54, 1.807) is 6.92 Å². The molecule has 0 rings (SSSR count). The summed E-state index contributed by atoms with van der Waals surface area (Å²) in [6.45, 7) is 4.93. The van der Waals surface area contributed by atoms with Crippen LogP contribution >= 0.6 is 11.6 Å². The number of allylic oxidation sites excluding steroid dienone is 1. The van der Waals surface area contributed by atoms with E-state index in [1.165, 1.54) is 6.92 Å². The Balaban J connectivity index is 4.69. The summed E-state index contributed by atoms with van der Waals surface area (Å²) in [5.41, 5.74) is 5.87. The van der Waals surface area contributed by atoms with Crippen molar-refractivity contribution < 1.29 is 4.79 Å². The van der Waals surface area contributed by atoms with Gasteiger partial charge in [0.05, 0.1) is 0 Å². The first-order valence-corrected chi connectivity index (χ1v) is 4.07. The summed E-state index contributed by atoms with van der Waals surface area (Å²) in [4.78, 5) is 14.6. The van der Waals surface area contributed by atoms with Gasteiger partial charge in [-0.1, -0.05) is 18.5 Å². The summed E-state index contributed by atoms with van der Waals surface area (Å²) in [6, 6.07) is 0. The van der Waals surface area contributed by atoms with Gasteiger partial charge in [0.2, 0.25) is 0 Å². The molecule has 0 heterocycles. The highest BCUT2D eigenvalue weighted by Gasteiger charge is 2.02. The van der Waals surface area contributed by atoms with Gasteiger partial charge in [-0.2, -0.15) is 0 Å². The van der Waals surface area contributed by atoms with Crippen LogP contribution in [0.1, 0.15) is 27.2 Å². The van der Waals surface area contributed by atoms with Crippen LogP contribution in [0.3, 0.4) is 0 Å². The van der Waals surface area contributed by atoms with Crippen LogP contribution in [-0.2, 0) is 4.79 Å². The smallest absolute Gasteiger partial charge is 0.158 e. The zero-order valence-corrected chi connectivity index (χ0v) is 8.27. The molecule has 3 nitrogen and oxygen atoms in total. The van der Waals surface area contributed by atoms with E-state index < -0.39 is 0 Å². The molecule has 0 aromatic heterocycles. The Morgan fingerprint density at radius 1 is 1.50 bits per heavy atom. The molecule has 0 spiro atoms. The number of hydrogen-bond donors (Lipinski definition) is 1. The largest absolute Gasteiger partial charge is 0.387 e. The molecule has 12 heavy (non-hydrogen) atoms. The summed E-state index contributed by atoms with van der Waals surface area (Å²) < 4.78 is 0. The van der Waals surface area contributed by atoms with Crippen LogP contribution in [-0.4, -0.2) is 11.6 Å². The fourth-order valence-electron chi connectivity index (χ4n) is 0.434. The van der Waals surface area contributed by atoms with Crippen LogP contribution in [0.4, 0.5) is 0 Å². The van der Waals surface area contributed by atoms with E-state index in [1.807, 2.05) is 6.92 Å². The number of nitrogens with zero attached hydrogens (tertiary/aromatic N) is 1. The number of halogens is 1. The SMILES string of the molecule is CCC(N)=N/C(Cl)=C(\C)C(C)=O. The van der Waals surface area contributed by atoms with Gasteiger partial charge >= 0.3 is 0 Å². The second kappa shape index (κ2) is 4.93. The molecule has 0 aliphatic heterocycles. The summed E-state index contributed by atoms with van der Waals surface area (Å²) in [5, 5.41) is 0.182. The Hall–Kier alpha value is -0.830. The van der Waals surface area contributed by atoms with Crippen LogP contribution < -0.4 is 5.73 Å². The van der Waals surface area contributed by atoms with Gasteiger partial charge in [0, 0.05) is 12.0 Å². The zero-order chi connectivity index (χ0) is 9.72. The minimum Gasteiger partial charge on any atom is -0.387 e. The molecule has 0 aromatic rings. The standard InChI is InChI=1S/C8H13ClN2O/c1-4-7(10)11-8(9)5(2)6(3)12/h4H2,1-3H3,(H2,10,11)/b8-5+. The number of carbonyl (C=O) groups excluding carboxylic acids is 1. The normalized spacial score (nSPS) is 14.2. The highest BCUT2D eigenvalue weighted by atomic mass is 35.5. The van der Waals surface area contributed by atoms with Crippen LogP contribution in [0.15, 0.2) is 15.7 Å². The second-order valence-corrected chi connectivity index (χ2v) is 2.79. The lowest BCUT2D eigenvalue weighted by atomic mass is 10.2. The van der Waals surface area contributed by atoms with Gasteiger partial charge in [-0.25, -0.2) is 4.99 Å². The highest BCUT2D eigenvalue weighted by molar-refractivity contribution is 6.32. The number of nitrogens with two attached hydrogens (primary N) is 1. The molecule has 0 saturated heterocycles. The summed E-state index contributed by atoms with van der Waals surface area (Å²) in [7, 11) is 0. The topological polar surface area (TPSA) is 55.4 Å². The Labute approximate surface area is 77.3 Å². The maximum atomic E-state index is 10.8. The van der Waals surface area contributed by atoms with Crippen molar-refractivity contribution >= 4 is 23.2 Å². The van der Waals surface area contributed by atoms with E-state index in [0.29, 0.717) is 17.8 Å². The molecular weight excluding hydrogens is 176 g/mol. The second-order valence-electron chi connectivity index (χ2n) is 2.43. The predicted octanol–water partition coefficient (Wildman–Crippen LogP) is 1.81.